The molecule has 0 aromatic heterocycles. The Labute approximate surface area is 121 Å². The van der Waals surface area contributed by atoms with Crippen molar-refractivity contribution in [3.8, 4) is 0 Å². The summed E-state index contributed by atoms with van der Waals surface area (Å²) < 4.78 is 5.37. The Bertz CT molecular complexity index is 398. The largest absolute Gasteiger partial charge is 0.459 e. The highest BCUT2D eigenvalue weighted by Crippen LogP contribution is 2.11. The Kier molecular flexibility index (Phi) is 6.68. The van der Waals surface area contributed by atoms with E-state index in [1.54, 1.807) is 0 Å². The van der Waals surface area contributed by atoms with Crippen molar-refractivity contribution in [3.63, 3.8) is 0 Å². The van der Waals surface area contributed by atoms with Crippen LogP contribution in [0.5, 0.6) is 0 Å². The van der Waals surface area contributed by atoms with Crippen LogP contribution in [0.15, 0.2) is 30.3 Å². The van der Waals surface area contributed by atoms with Gasteiger partial charge in [-0.3, -0.25) is 9.63 Å². The molecule has 1 rings (SSSR count). The van der Waals surface area contributed by atoms with E-state index in [1.807, 2.05) is 58.0 Å². The van der Waals surface area contributed by atoms with E-state index >= 15 is 0 Å². The molecule has 0 saturated carbocycles. The molecule has 1 atom stereocenters. The number of hydrogen-bond acceptors (Lipinski definition) is 4. The number of benzene rings is 1. The molecule has 112 valence electrons. The van der Waals surface area contributed by atoms with Crippen molar-refractivity contribution < 1.29 is 14.4 Å². The van der Waals surface area contributed by atoms with Crippen LogP contribution in [0.4, 0.5) is 0 Å². The third kappa shape index (κ3) is 6.68. The minimum Gasteiger partial charge on any atom is -0.459 e. The Balaban J connectivity index is 2.44. The molecular formula is C16H25NO3. The summed E-state index contributed by atoms with van der Waals surface area (Å²) in [6.07, 6.45) is 1.56. The minimum atomic E-state index is -0.482. The third-order valence-corrected chi connectivity index (χ3v) is 2.58. The van der Waals surface area contributed by atoms with Gasteiger partial charge in [-0.1, -0.05) is 43.7 Å². The van der Waals surface area contributed by atoms with Crippen molar-refractivity contribution in [2.24, 2.45) is 0 Å². The van der Waals surface area contributed by atoms with Gasteiger partial charge < -0.3 is 4.74 Å². The van der Waals surface area contributed by atoms with Gasteiger partial charge in [0.25, 0.3) is 0 Å². The molecule has 1 aromatic rings. The molecule has 0 spiro atoms. The fraction of sp³-hybridized carbons (Fsp3) is 0.562. The molecular weight excluding hydrogens is 254 g/mol. The molecule has 0 amide bonds. The number of rotatable bonds is 7. The summed E-state index contributed by atoms with van der Waals surface area (Å²) in [5.74, 6) is -0.271. The molecule has 0 aliphatic rings. The zero-order valence-electron chi connectivity index (χ0n) is 12.8. The highest BCUT2D eigenvalue weighted by molar-refractivity contribution is 5.75. The molecule has 0 fully saturated rings. The summed E-state index contributed by atoms with van der Waals surface area (Å²) in [6.45, 7) is 8.02. The summed E-state index contributed by atoms with van der Waals surface area (Å²) >= 11 is 0. The van der Waals surface area contributed by atoms with E-state index < -0.39 is 11.6 Å². The molecule has 4 nitrogen and oxygen atoms in total. The van der Waals surface area contributed by atoms with Crippen LogP contribution in [0, 0.1) is 0 Å². The molecule has 0 aliphatic carbocycles. The van der Waals surface area contributed by atoms with Crippen molar-refractivity contribution in [2.75, 3.05) is 0 Å². The van der Waals surface area contributed by atoms with Crippen LogP contribution in [0.3, 0.4) is 0 Å². The molecule has 0 heterocycles. The number of hydrogen-bond donors (Lipinski definition) is 1. The van der Waals surface area contributed by atoms with E-state index in [0.29, 0.717) is 13.0 Å². The average molecular weight is 279 g/mol. The average Bonchev–Trinajstić information content (AvgIpc) is 2.37. The van der Waals surface area contributed by atoms with Crippen molar-refractivity contribution >= 4 is 5.97 Å². The van der Waals surface area contributed by atoms with Gasteiger partial charge in [-0.2, -0.15) is 5.48 Å². The molecule has 0 radical (unpaired) electrons. The molecule has 1 aromatic carbocycles. The van der Waals surface area contributed by atoms with E-state index in [4.69, 9.17) is 9.57 Å². The molecule has 20 heavy (non-hydrogen) atoms. The highest BCUT2D eigenvalue weighted by atomic mass is 16.7. The van der Waals surface area contributed by atoms with Gasteiger partial charge in [-0.15, -0.1) is 0 Å². The molecule has 0 saturated heterocycles. The van der Waals surface area contributed by atoms with Crippen LogP contribution in [-0.4, -0.2) is 17.6 Å². The lowest BCUT2D eigenvalue weighted by Gasteiger charge is -2.24. The predicted molar refractivity (Wildman–Crippen MR) is 78.9 cm³/mol. The SMILES string of the molecule is CCCC(NOCc1ccccc1)C(=O)OC(C)(C)C. The number of ether oxygens (including phenoxy) is 1. The van der Waals surface area contributed by atoms with E-state index in [2.05, 4.69) is 5.48 Å². The van der Waals surface area contributed by atoms with Crippen LogP contribution in [0.2, 0.25) is 0 Å². The first-order chi connectivity index (χ1) is 9.42. The van der Waals surface area contributed by atoms with Gasteiger partial charge in [0, 0.05) is 0 Å². The number of carbonyl (C=O) groups is 1. The first kappa shape index (κ1) is 16.7. The molecule has 1 N–H and O–H groups in total. The monoisotopic (exact) mass is 279 g/mol. The minimum absolute atomic E-state index is 0.271. The van der Waals surface area contributed by atoms with Gasteiger partial charge >= 0.3 is 5.97 Å². The van der Waals surface area contributed by atoms with E-state index in [-0.39, 0.29) is 5.97 Å². The lowest BCUT2D eigenvalue weighted by Crippen LogP contribution is -2.41. The van der Waals surface area contributed by atoms with Gasteiger partial charge in [-0.25, -0.2) is 0 Å². The van der Waals surface area contributed by atoms with Crippen LogP contribution in [0.1, 0.15) is 46.1 Å². The number of carbonyl (C=O) groups excluding carboxylic acids is 1. The van der Waals surface area contributed by atoms with Crippen molar-refractivity contribution in [1.29, 1.82) is 0 Å². The van der Waals surface area contributed by atoms with Crippen LogP contribution < -0.4 is 5.48 Å². The van der Waals surface area contributed by atoms with Gasteiger partial charge in [0.2, 0.25) is 0 Å². The summed E-state index contributed by atoms with van der Waals surface area (Å²) in [7, 11) is 0. The fourth-order valence-electron chi connectivity index (χ4n) is 1.69. The van der Waals surface area contributed by atoms with Crippen molar-refractivity contribution in [1.82, 2.24) is 5.48 Å². The van der Waals surface area contributed by atoms with E-state index in [1.165, 1.54) is 0 Å². The van der Waals surface area contributed by atoms with Crippen LogP contribution in [0.25, 0.3) is 0 Å². The smallest absolute Gasteiger partial charge is 0.325 e. The maximum absolute atomic E-state index is 12.0. The second kappa shape index (κ2) is 8.02. The second-order valence-corrected chi connectivity index (χ2v) is 5.77. The predicted octanol–water partition coefficient (Wildman–Crippen LogP) is 3.22. The van der Waals surface area contributed by atoms with Gasteiger partial charge in [-0.05, 0) is 32.8 Å². The summed E-state index contributed by atoms with van der Waals surface area (Å²) in [6, 6.07) is 9.39. The Morgan fingerprint density at radius 2 is 1.90 bits per heavy atom. The van der Waals surface area contributed by atoms with E-state index in [9.17, 15) is 4.79 Å². The zero-order chi connectivity index (χ0) is 15.0. The first-order valence-corrected chi connectivity index (χ1v) is 7.06. The van der Waals surface area contributed by atoms with Crippen molar-refractivity contribution in [2.45, 2.75) is 58.8 Å². The standard InChI is InChI=1S/C16H25NO3/c1-5-9-14(15(18)20-16(2,3)4)17-19-12-13-10-7-6-8-11-13/h6-8,10-11,14,17H,5,9,12H2,1-4H3. The summed E-state index contributed by atoms with van der Waals surface area (Å²) in [5.41, 5.74) is 3.39. The molecule has 0 aliphatic heterocycles. The maximum Gasteiger partial charge on any atom is 0.325 e. The van der Waals surface area contributed by atoms with Gasteiger partial charge in [0.1, 0.15) is 11.6 Å². The topological polar surface area (TPSA) is 47.6 Å². The van der Waals surface area contributed by atoms with Crippen LogP contribution >= 0.6 is 0 Å². The van der Waals surface area contributed by atoms with Gasteiger partial charge in [0.05, 0.1) is 6.61 Å². The lowest BCUT2D eigenvalue weighted by molar-refractivity contribution is -0.162. The lowest BCUT2D eigenvalue weighted by atomic mass is 10.1. The fourth-order valence-corrected chi connectivity index (χ4v) is 1.69. The number of esters is 1. The summed E-state index contributed by atoms with van der Waals surface area (Å²) in [5, 5.41) is 0. The van der Waals surface area contributed by atoms with E-state index in [0.717, 1.165) is 12.0 Å². The Morgan fingerprint density at radius 3 is 2.45 bits per heavy atom. The first-order valence-electron chi connectivity index (χ1n) is 7.06. The summed E-state index contributed by atoms with van der Waals surface area (Å²) in [4.78, 5) is 17.4. The third-order valence-electron chi connectivity index (χ3n) is 2.58. The Morgan fingerprint density at radius 1 is 1.25 bits per heavy atom. The highest BCUT2D eigenvalue weighted by Gasteiger charge is 2.24. The van der Waals surface area contributed by atoms with Crippen molar-refractivity contribution in [3.05, 3.63) is 35.9 Å². The Hall–Kier alpha value is -1.39. The number of hydroxylamine groups is 1. The second-order valence-electron chi connectivity index (χ2n) is 5.77. The van der Waals surface area contributed by atoms with Gasteiger partial charge in [0.15, 0.2) is 0 Å². The quantitative estimate of drug-likeness (QED) is 0.615. The maximum atomic E-state index is 12.0. The zero-order valence-corrected chi connectivity index (χ0v) is 12.8. The molecule has 1 unspecified atom stereocenters. The molecule has 4 heteroatoms. The number of nitrogens with one attached hydrogen (secondary N) is 1. The normalized spacial score (nSPS) is 13.0. The van der Waals surface area contributed by atoms with Crippen LogP contribution in [-0.2, 0) is 21.0 Å². The molecule has 0 bridgehead atoms.